The first-order valence-electron chi connectivity index (χ1n) is 9.58. The molecule has 0 bridgehead atoms. The molecule has 0 aliphatic carbocycles. The van der Waals surface area contributed by atoms with Gasteiger partial charge in [0.05, 0.1) is 23.6 Å². The fourth-order valence-corrected chi connectivity index (χ4v) is 4.31. The largest absolute Gasteiger partial charge is 0.369 e. The number of hydrogen-bond donors (Lipinski definition) is 1. The first kappa shape index (κ1) is 19.6. The van der Waals surface area contributed by atoms with Gasteiger partial charge in [-0.25, -0.2) is 0 Å². The number of amides is 3. The quantitative estimate of drug-likeness (QED) is 0.785. The number of nitrogens with one attached hydrogen (secondary N) is 1. The predicted octanol–water partition coefficient (Wildman–Crippen LogP) is 3.28. The van der Waals surface area contributed by atoms with Crippen LogP contribution in [0, 0.1) is 0 Å². The van der Waals surface area contributed by atoms with Crippen LogP contribution in [-0.2, 0) is 19.1 Å². The molecule has 0 radical (unpaired) electrons. The van der Waals surface area contributed by atoms with Crippen LogP contribution in [0.1, 0.15) is 31.2 Å². The number of anilines is 1. The Balaban J connectivity index is 1.63. The van der Waals surface area contributed by atoms with Gasteiger partial charge in [-0.2, -0.15) is 0 Å². The van der Waals surface area contributed by atoms with Crippen LogP contribution < -0.4 is 10.2 Å². The summed E-state index contributed by atoms with van der Waals surface area (Å²) in [5, 5.41) is 2.89. The lowest BCUT2D eigenvalue weighted by atomic mass is 9.88. The van der Waals surface area contributed by atoms with Crippen molar-refractivity contribution in [3.05, 3.63) is 53.1 Å². The van der Waals surface area contributed by atoms with Gasteiger partial charge in [0.25, 0.3) is 5.91 Å². The van der Waals surface area contributed by atoms with E-state index in [9.17, 15) is 14.4 Å². The molecule has 2 aromatic rings. The highest BCUT2D eigenvalue weighted by Gasteiger charge is 2.30. The van der Waals surface area contributed by atoms with E-state index in [2.05, 4.69) is 5.32 Å². The average molecular weight is 413 g/mol. The van der Waals surface area contributed by atoms with E-state index in [4.69, 9.17) is 16.3 Å². The van der Waals surface area contributed by atoms with Crippen molar-refractivity contribution in [2.45, 2.75) is 31.7 Å². The first-order valence-corrected chi connectivity index (χ1v) is 9.96. The number of halogens is 1. The summed E-state index contributed by atoms with van der Waals surface area (Å²) in [6.45, 7) is 2.55. The van der Waals surface area contributed by atoms with Crippen LogP contribution >= 0.6 is 11.6 Å². The Labute approximate surface area is 173 Å². The number of carbonyl (C=O) groups excluding carboxylic acids is 3. The summed E-state index contributed by atoms with van der Waals surface area (Å²) in [7, 11) is 0. The van der Waals surface area contributed by atoms with Crippen LogP contribution in [0.2, 0.25) is 5.02 Å². The molecule has 2 aromatic carbocycles. The van der Waals surface area contributed by atoms with Gasteiger partial charge in [-0.15, -0.1) is 0 Å². The van der Waals surface area contributed by atoms with Gasteiger partial charge in [0.15, 0.2) is 0 Å². The van der Waals surface area contributed by atoms with Crippen LogP contribution in [0.5, 0.6) is 0 Å². The molecule has 29 heavy (non-hydrogen) atoms. The Kier molecular flexibility index (Phi) is 5.39. The van der Waals surface area contributed by atoms with E-state index in [1.807, 2.05) is 49.4 Å². The number of rotatable bonds is 3. The zero-order chi connectivity index (χ0) is 20.5. The molecule has 1 N–H and O–H groups in total. The summed E-state index contributed by atoms with van der Waals surface area (Å²) in [6.07, 6.45) is 0.751. The van der Waals surface area contributed by atoms with E-state index in [1.54, 1.807) is 4.90 Å². The number of ether oxygens (including phenoxy) is 1. The Bertz CT molecular complexity index is 973. The molecule has 2 aliphatic rings. The van der Waals surface area contributed by atoms with E-state index in [1.165, 1.54) is 0 Å². The Hall–Kier alpha value is -2.70. The van der Waals surface area contributed by atoms with Gasteiger partial charge in [0.2, 0.25) is 11.8 Å². The number of piperidine rings is 1. The SMILES string of the molecule is C[C@@H]1COCC(=O)N1c1ccc(-c2cccc(C3CCC(=O)NC3=O)c2Cl)cc1. The third-order valence-electron chi connectivity index (χ3n) is 5.39. The minimum Gasteiger partial charge on any atom is -0.369 e. The summed E-state index contributed by atoms with van der Waals surface area (Å²) in [4.78, 5) is 37.6. The molecule has 2 fully saturated rings. The number of nitrogens with zero attached hydrogens (tertiary/aromatic N) is 1. The second-order valence-corrected chi connectivity index (χ2v) is 7.77. The van der Waals surface area contributed by atoms with Crippen molar-refractivity contribution in [1.29, 1.82) is 0 Å². The third kappa shape index (κ3) is 3.78. The smallest absolute Gasteiger partial charge is 0.253 e. The van der Waals surface area contributed by atoms with Crippen LogP contribution in [0.4, 0.5) is 5.69 Å². The highest BCUT2D eigenvalue weighted by molar-refractivity contribution is 6.34. The molecule has 3 amide bonds. The van der Waals surface area contributed by atoms with Gasteiger partial charge in [-0.1, -0.05) is 41.9 Å². The van der Waals surface area contributed by atoms with Crippen molar-refractivity contribution in [2.24, 2.45) is 0 Å². The van der Waals surface area contributed by atoms with Crippen molar-refractivity contribution in [2.75, 3.05) is 18.1 Å². The lowest BCUT2D eigenvalue weighted by Crippen LogP contribution is -2.48. The Morgan fingerprint density at radius 1 is 1.10 bits per heavy atom. The summed E-state index contributed by atoms with van der Waals surface area (Å²) in [6, 6.07) is 13.2. The van der Waals surface area contributed by atoms with Crippen molar-refractivity contribution in [3.8, 4) is 11.1 Å². The maximum Gasteiger partial charge on any atom is 0.253 e. The summed E-state index contributed by atoms with van der Waals surface area (Å²) in [5.41, 5.74) is 3.23. The number of hydrogen-bond acceptors (Lipinski definition) is 4. The molecule has 6 nitrogen and oxygen atoms in total. The Morgan fingerprint density at radius 3 is 2.55 bits per heavy atom. The summed E-state index contributed by atoms with van der Waals surface area (Å²) >= 11 is 6.67. The number of imide groups is 1. The van der Waals surface area contributed by atoms with Gasteiger partial charge in [-0.3, -0.25) is 19.7 Å². The van der Waals surface area contributed by atoms with Crippen molar-refractivity contribution in [1.82, 2.24) is 5.32 Å². The summed E-state index contributed by atoms with van der Waals surface area (Å²) < 4.78 is 5.28. The topological polar surface area (TPSA) is 75.7 Å². The zero-order valence-corrected chi connectivity index (χ0v) is 16.7. The molecule has 0 spiro atoms. The lowest BCUT2D eigenvalue weighted by Gasteiger charge is -2.33. The van der Waals surface area contributed by atoms with Gasteiger partial charge in [-0.05, 0) is 36.6 Å². The Morgan fingerprint density at radius 2 is 1.86 bits per heavy atom. The van der Waals surface area contributed by atoms with Crippen LogP contribution in [0.3, 0.4) is 0 Å². The second-order valence-electron chi connectivity index (χ2n) is 7.39. The molecule has 2 saturated heterocycles. The highest BCUT2D eigenvalue weighted by Crippen LogP contribution is 2.37. The molecule has 2 atom stereocenters. The van der Waals surface area contributed by atoms with E-state index in [0.29, 0.717) is 24.5 Å². The molecule has 0 saturated carbocycles. The summed E-state index contributed by atoms with van der Waals surface area (Å²) in [5.74, 6) is -1.06. The van der Waals surface area contributed by atoms with Crippen LogP contribution in [0.25, 0.3) is 11.1 Å². The molecule has 4 rings (SSSR count). The number of morpholine rings is 1. The van der Waals surface area contributed by atoms with Crippen LogP contribution in [-0.4, -0.2) is 37.0 Å². The third-order valence-corrected chi connectivity index (χ3v) is 5.82. The molecule has 2 heterocycles. The number of carbonyl (C=O) groups is 3. The van der Waals surface area contributed by atoms with Gasteiger partial charge >= 0.3 is 0 Å². The van der Waals surface area contributed by atoms with Crippen LogP contribution in [0.15, 0.2) is 42.5 Å². The molecule has 2 aliphatic heterocycles. The lowest BCUT2D eigenvalue weighted by molar-refractivity contribution is -0.134. The standard InChI is InChI=1S/C22H21ClN2O4/c1-13-11-29-12-20(27)25(13)15-7-5-14(6-8-15)16-3-2-4-17(21(16)23)18-9-10-19(26)24-22(18)28/h2-8,13,18H,9-12H2,1H3,(H,24,26,28)/t13-,18?/m1/s1. The van der Waals surface area contributed by atoms with Crippen molar-refractivity contribution >= 4 is 35.0 Å². The molecular formula is C22H21ClN2O4. The first-order chi connectivity index (χ1) is 14.0. The van der Waals surface area contributed by atoms with Gasteiger partial charge < -0.3 is 9.64 Å². The van der Waals surface area contributed by atoms with Gasteiger partial charge in [0, 0.05) is 17.7 Å². The van der Waals surface area contributed by atoms with Crippen molar-refractivity contribution in [3.63, 3.8) is 0 Å². The average Bonchev–Trinajstić information content (AvgIpc) is 2.69. The van der Waals surface area contributed by atoms with Crippen molar-refractivity contribution < 1.29 is 19.1 Å². The predicted molar refractivity (Wildman–Crippen MR) is 110 cm³/mol. The van der Waals surface area contributed by atoms with E-state index >= 15 is 0 Å². The molecular weight excluding hydrogens is 392 g/mol. The minimum atomic E-state index is -0.439. The van der Waals surface area contributed by atoms with E-state index in [0.717, 1.165) is 22.4 Å². The van der Waals surface area contributed by atoms with E-state index < -0.39 is 5.92 Å². The normalized spacial score (nSPS) is 22.6. The monoisotopic (exact) mass is 412 g/mol. The fraction of sp³-hybridized carbons (Fsp3) is 0.318. The fourth-order valence-electron chi connectivity index (χ4n) is 3.94. The van der Waals surface area contributed by atoms with E-state index in [-0.39, 0.29) is 30.4 Å². The second kappa shape index (κ2) is 7.97. The maximum absolute atomic E-state index is 12.2. The number of benzene rings is 2. The maximum atomic E-state index is 12.2. The molecule has 7 heteroatoms. The van der Waals surface area contributed by atoms with Gasteiger partial charge in [0.1, 0.15) is 6.61 Å². The molecule has 150 valence electrons. The molecule has 0 aromatic heterocycles. The molecule has 1 unspecified atom stereocenters. The zero-order valence-electron chi connectivity index (χ0n) is 16.0. The minimum absolute atomic E-state index is 0.0264. The highest BCUT2D eigenvalue weighted by atomic mass is 35.5.